The third-order valence-electron chi connectivity index (χ3n) is 2.79. The van der Waals surface area contributed by atoms with Gasteiger partial charge in [-0.25, -0.2) is 0 Å². The molecular weight excluding hydrogens is 194 g/mol. The molecule has 0 heterocycles. The molecule has 2 aromatic rings. The minimum Gasteiger partial charge on any atom is -0.398 e. The van der Waals surface area contributed by atoms with Crippen molar-refractivity contribution in [2.75, 3.05) is 5.73 Å². The summed E-state index contributed by atoms with van der Waals surface area (Å²) in [6.45, 7) is 4.22. The van der Waals surface area contributed by atoms with Gasteiger partial charge in [0.25, 0.3) is 0 Å². The second kappa shape index (κ2) is 4.40. The highest BCUT2D eigenvalue weighted by atomic mass is 14.6. The maximum absolute atomic E-state index is 6.04. The molecule has 2 N–H and O–H groups in total. The molecule has 0 fully saturated rings. The van der Waals surface area contributed by atoms with Crippen molar-refractivity contribution in [3.63, 3.8) is 0 Å². The number of benzene rings is 2. The van der Waals surface area contributed by atoms with E-state index in [9.17, 15) is 0 Å². The molecule has 0 radical (unpaired) electrons. The summed E-state index contributed by atoms with van der Waals surface area (Å²) in [7, 11) is 0. The van der Waals surface area contributed by atoms with Crippen LogP contribution >= 0.6 is 0 Å². The van der Waals surface area contributed by atoms with Crippen LogP contribution in [0.25, 0.3) is 10.8 Å². The lowest BCUT2D eigenvalue weighted by Gasteiger charge is -2.08. The van der Waals surface area contributed by atoms with Crippen molar-refractivity contribution in [3.8, 4) is 0 Å². The van der Waals surface area contributed by atoms with Crippen LogP contribution in [0.2, 0.25) is 0 Å². The van der Waals surface area contributed by atoms with Gasteiger partial charge in [0.2, 0.25) is 0 Å². The predicted octanol–water partition coefficient (Wildman–Crippen LogP) is 3.93. The van der Waals surface area contributed by atoms with Gasteiger partial charge in [-0.15, -0.1) is 0 Å². The molecule has 0 saturated carbocycles. The van der Waals surface area contributed by atoms with E-state index in [4.69, 9.17) is 5.73 Å². The monoisotopic (exact) mass is 211 g/mol. The normalized spacial score (nSPS) is 10.4. The molecule has 1 nitrogen and oxygen atoms in total. The number of hydrogen-bond acceptors (Lipinski definition) is 1. The fourth-order valence-electron chi connectivity index (χ4n) is 1.89. The SMILES string of the molecule is CC(C)=CCc1c(N)ccc2ccccc12. The highest BCUT2D eigenvalue weighted by molar-refractivity contribution is 5.89. The summed E-state index contributed by atoms with van der Waals surface area (Å²) in [4.78, 5) is 0. The van der Waals surface area contributed by atoms with Gasteiger partial charge in [-0.2, -0.15) is 0 Å². The van der Waals surface area contributed by atoms with Crippen LogP contribution in [0.3, 0.4) is 0 Å². The van der Waals surface area contributed by atoms with E-state index in [-0.39, 0.29) is 0 Å². The lowest BCUT2D eigenvalue weighted by Crippen LogP contribution is -1.94. The number of allylic oxidation sites excluding steroid dienone is 2. The summed E-state index contributed by atoms with van der Waals surface area (Å²) >= 11 is 0. The Morgan fingerprint density at radius 2 is 1.88 bits per heavy atom. The summed E-state index contributed by atoms with van der Waals surface area (Å²) in [5.74, 6) is 0. The van der Waals surface area contributed by atoms with Gasteiger partial charge >= 0.3 is 0 Å². The zero-order chi connectivity index (χ0) is 11.5. The molecule has 0 aromatic heterocycles. The molecule has 0 aliphatic rings. The first-order valence-electron chi connectivity index (χ1n) is 5.58. The smallest absolute Gasteiger partial charge is 0.0356 e. The van der Waals surface area contributed by atoms with Gasteiger partial charge in [0.1, 0.15) is 0 Å². The summed E-state index contributed by atoms with van der Waals surface area (Å²) < 4.78 is 0. The zero-order valence-corrected chi connectivity index (χ0v) is 9.83. The summed E-state index contributed by atoms with van der Waals surface area (Å²) in [5.41, 5.74) is 9.49. The zero-order valence-electron chi connectivity index (χ0n) is 9.83. The van der Waals surface area contributed by atoms with E-state index in [0.717, 1.165) is 12.1 Å². The molecular formula is C15H17N. The van der Waals surface area contributed by atoms with Crippen LogP contribution in [0.4, 0.5) is 5.69 Å². The number of hydrogen-bond donors (Lipinski definition) is 1. The first-order chi connectivity index (χ1) is 7.68. The lowest BCUT2D eigenvalue weighted by atomic mass is 9.99. The molecule has 0 aliphatic heterocycles. The van der Waals surface area contributed by atoms with Gasteiger partial charge < -0.3 is 5.73 Å². The minimum absolute atomic E-state index is 0.885. The molecule has 82 valence electrons. The van der Waals surface area contributed by atoms with Crippen molar-refractivity contribution < 1.29 is 0 Å². The van der Waals surface area contributed by atoms with E-state index in [1.165, 1.54) is 21.9 Å². The number of nitrogens with two attached hydrogens (primary N) is 1. The van der Waals surface area contributed by atoms with Crippen LogP contribution < -0.4 is 5.73 Å². The molecule has 0 atom stereocenters. The van der Waals surface area contributed by atoms with Gasteiger partial charge in [-0.1, -0.05) is 42.0 Å². The largest absolute Gasteiger partial charge is 0.398 e. The standard InChI is InChI=1S/C15H17N/c1-11(2)7-9-14-13-6-4-3-5-12(13)8-10-15(14)16/h3-8,10H,9,16H2,1-2H3. The van der Waals surface area contributed by atoms with E-state index in [2.05, 4.69) is 50.3 Å². The van der Waals surface area contributed by atoms with E-state index < -0.39 is 0 Å². The summed E-state index contributed by atoms with van der Waals surface area (Å²) in [6, 6.07) is 12.5. The number of anilines is 1. The van der Waals surface area contributed by atoms with Crippen molar-refractivity contribution >= 4 is 16.5 Å². The molecule has 2 rings (SSSR count). The maximum Gasteiger partial charge on any atom is 0.0356 e. The Balaban J connectivity index is 2.57. The average molecular weight is 211 g/mol. The Morgan fingerprint density at radius 3 is 2.62 bits per heavy atom. The molecule has 16 heavy (non-hydrogen) atoms. The van der Waals surface area contributed by atoms with Gasteiger partial charge in [-0.3, -0.25) is 0 Å². The van der Waals surface area contributed by atoms with Crippen molar-refractivity contribution in [1.29, 1.82) is 0 Å². The van der Waals surface area contributed by atoms with Crippen LogP contribution in [0.5, 0.6) is 0 Å². The van der Waals surface area contributed by atoms with E-state index in [1.807, 2.05) is 6.07 Å². The Labute approximate surface area is 96.6 Å². The maximum atomic E-state index is 6.04. The van der Waals surface area contributed by atoms with Gasteiger partial charge in [0.15, 0.2) is 0 Å². The van der Waals surface area contributed by atoms with Crippen molar-refractivity contribution in [3.05, 3.63) is 53.6 Å². The molecule has 0 unspecified atom stereocenters. The predicted molar refractivity (Wildman–Crippen MR) is 71.5 cm³/mol. The first-order valence-corrected chi connectivity index (χ1v) is 5.58. The third-order valence-corrected chi connectivity index (χ3v) is 2.79. The van der Waals surface area contributed by atoms with Gasteiger partial charge in [0.05, 0.1) is 0 Å². The van der Waals surface area contributed by atoms with E-state index in [0.29, 0.717) is 0 Å². The molecule has 1 heteroatoms. The molecule has 0 spiro atoms. The lowest BCUT2D eigenvalue weighted by molar-refractivity contribution is 1.23. The van der Waals surface area contributed by atoms with Gasteiger partial charge in [0, 0.05) is 5.69 Å². The second-order valence-corrected chi connectivity index (χ2v) is 4.34. The Kier molecular flexibility index (Phi) is 2.95. The van der Waals surface area contributed by atoms with Crippen LogP contribution in [0, 0.1) is 0 Å². The van der Waals surface area contributed by atoms with Gasteiger partial charge in [-0.05, 0) is 42.7 Å². The van der Waals surface area contributed by atoms with Crippen molar-refractivity contribution in [2.24, 2.45) is 0 Å². The van der Waals surface area contributed by atoms with Crippen molar-refractivity contribution in [1.82, 2.24) is 0 Å². The van der Waals surface area contributed by atoms with E-state index in [1.54, 1.807) is 0 Å². The molecule has 0 bridgehead atoms. The highest BCUT2D eigenvalue weighted by Gasteiger charge is 2.03. The Hall–Kier alpha value is -1.76. The highest BCUT2D eigenvalue weighted by Crippen LogP contribution is 2.25. The third kappa shape index (κ3) is 2.08. The van der Waals surface area contributed by atoms with Crippen molar-refractivity contribution in [2.45, 2.75) is 20.3 Å². The molecule has 0 saturated heterocycles. The van der Waals surface area contributed by atoms with Crippen LogP contribution in [0.15, 0.2) is 48.0 Å². The minimum atomic E-state index is 0.885. The Bertz CT molecular complexity index is 534. The second-order valence-electron chi connectivity index (χ2n) is 4.34. The van der Waals surface area contributed by atoms with Crippen LogP contribution in [-0.4, -0.2) is 0 Å². The van der Waals surface area contributed by atoms with Crippen LogP contribution in [-0.2, 0) is 6.42 Å². The summed E-state index contributed by atoms with van der Waals surface area (Å²) in [5, 5.41) is 2.52. The molecule has 0 aliphatic carbocycles. The summed E-state index contributed by atoms with van der Waals surface area (Å²) in [6.07, 6.45) is 3.13. The number of nitrogen functional groups attached to an aromatic ring is 1. The average Bonchev–Trinajstić information content (AvgIpc) is 2.27. The number of rotatable bonds is 2. The fourth-order valence-corrected chi connectivity index (χ4v) is 1.89. The first kappa shape index (κ1) is 10.7. The molecule has 2 aromatic carbocycles. The van der Waals surface area contributed by atoms with Crippen LogP contribution in [0.1, 0.15) is 19.4 Å². The quantitative estimate of drug-likeness (QED) is 0.591. The topological polar surface area (TPSA) is 26.0 Å². The fraction of sp³-hybridized carbons (Fsp3) is 0.200. The van der Waals surface area contributed by atoms with E-state index >= 15 is 0 Å². The number of fused-ring (bicyclic) bond motifs is 1. The molecule has 0 amide bonds. The Morgan fingerprint density at radius 1 is 1.12 bits per heavy atom.